The molecule has 1 aromatic heterocycles. The Balaban J connectivity index is 1.16. The highest BCUT2D eigenvalue weighted by molar-refractivity contribution is 7.19. The summed E-state index contributed by atoms with van der Waals surface area (Å²) >= 11 is 1.59. The summed E-state index contributed by atoms with van der Waals surface area (Å²) in [7, 11) is 0. The highest BCUT2D eigenvalue weighted by Crippen LogP contribution is 2.42. The van der Waals surface area contributed by atoms with Gasteiger partial charge in [-0.25, -0.2) is 0 Å². The number of anilines is 3. The van der Waals surface area contributed by atoms with E-state index in [0.717, 1.165) is 42.8 Å². The van der Waals surface area contributed by atoms with Gasteiger partial charge in [-0.3, -0.25) is 9.59 Å². The first-order valence-corrected chi connectivity index (χ1v) is 16.1. The molecule has 0 N–H and O–H groups in total. The van der Waals surface area contributed by atoms with Gasteiger partial charge in [0.2, 0.25) is 0 Å². The zero-order chi connectivity index (χ0) is 30.8. The normalized spacial score (nSPS) is 12.8. The van der Waals surface area contributed by atoms with Crippen LogP contribution in [0.15, 0.2) is 151 Å². The van der Waals surface area contributed by atoms with E-state index in [4.69, 9.17) is 0 Å². The lowest BCUT2D eigenvalue weighted by atomic mass is 10.0. The smallest absolute Gasteiger partial charge is 0.197 e. The molecule has 0 aliphatic heterocycles. The lowest BCUT2D eigenvalue weighted by molar-refractivity contribution is 0.0990. The van der Waals surface area contributed by atoms with Crippen molar-refractivity contribution < 1.29 is 9.59 Å². The van der Waals surface area contributed by atoms with E-state index in [2.05, 4.69) is 114 Å². The van der Waals surface area contributed by atoms with E-state index in [-0.39, 0.29) is 17.1 Å². The van der Waals surface area contributed by atoms with E-state index < -0.39 is 0 Å². The minimum absolute atomic E-state index is 0.206. The monoisotopic (exact) mass is 607 g/mol. The molecule has 0 fully saturated rings. The van der Waals surface area contributed by atoms with E-state index in [1.165, 1.54) is 21.5 Å². The quantitative estimate of drug-likeness (QED) is 0.148. The van der Waals surface area contributed by atoms with Gasteiger partial charge < -0.3 is 4.90 Å². The Morgan fingerprint density at radius 2 is 1.04 bits per heavy atom. The molecule has 0 amide bonds. The Bertz CT molecular complexity index is 2530. The molecule has 4 heteroatoms. The number of fused-ring (bicyclic) bond motifs is 5. The molecule has 0 bridgehead atoms. The summed E-state index contributed by atoms with van der Waals surface area (Å²) in [6, 6.07) is 50.0. The second-order valence-electron chi connectivity index (χ2n) is 11.7. The van der Waals surface area contributed by atoms with Crippen LogP contribution in [0.2, 0.25) is 0 Å². The van der Waals surface area contributed by atoms with Crippen LogP contribution in [-0.4, -0.2) is 11.6 Å². The second kappa shape index (κ2) is 10.4. The van der Waals surface area contributed by atoms with Crippen molar-refractivity contribution in [1.29, 1.82) is 0 Å². The molecule has 46 heavy (non-hydrogen) atoms. The van der Waals surface area contributed by atoms with Crippen molar-refractivity contribution in [2.45, 2.75) is 0 Å². The van der Waals surface area contributed by atoms with Gasteiger partial charge in [0.05, 0.1) is 11.3 Å². The van der Waals surface area contributed by atoms with Crippen LogP contribution in [0.1, 0.15) is 25.6 Å². The van der Waals surface area contributed by atoms with Crippen LogP contribution < -0.4 is 4.90 Å². The van der Waals surface area contributed by atoms with E-state index in [1.807, 2.05) is 36.4 Å². The number of hydrogen-bond acceptors (Lipinski definition) is 4. The second-order valence-corrected chi connectivity index (χ2v) is 12.8. The zero-order valence-electron chi connectivity index (χ0n) is 24.6. The van der Waals surface area contributed by atoms with Gasteiger partial charge in [0.25, 0.3) is 0 Å². The summed E-state index contributed by atoms with van der Waals surface area (Å²) in [6.45, 7) is 0. The molecule has 0 saturated carbocycles. The van der Waals surface area contributed by atoms with Crippen LogP contribution in [0.25, 0.3) is 48.5 Å². The molecule has 0 radical (unpaired) electrons. The number of nitrogens with zero attached hydrogens (tertiary/aromatic N) is 1. The summed E-state index contributed by atoms with van der Waals surface area (Å²) < 4.78 is 1.08. The van der Waals surface area contributed by atoms with Crippen molar-refractivity contribution in [3.05, 3.63) is 167 Å². The zero-order valence-corrected chi connectivity index (χ0v) is 25.4. The Morgan fingerprint density at radius 3 is 1.76 bits per heavy atom. The third-order valence-electron chi connectivity index (χ3n) is 8.93. The van der Waals surface area contributed by atoms with E-state index in [0.29, 0.717) is 11.1 Å². The largest absolute Gasteiger partial charge is 0.310 e. The first-order chi connectivity index (χ1) is 22.6. The van der Waals surface area contributed by atoms with Crippen molar-refractivity contribution in [2.75, 3.05) is 4.90 Å². The predicted octanol–water partition coefficient (Wildman–Crippen LogP) is 11.3. The highest BCUT2D eigenvalue weighted by Gasteiger charge is 2.33. The van der Waals surface area contributed by atoms with Gasteiger partial charge in [-0.1, -0.05) is 97.1 Å². The Hall–Kier alpha value is -5.84. The number of ketones is 2. The molecule has 1 heterocycles. The number of benzene rings is 7. The minimum Gasteiger partial charge on any atom is -0.310 e. The molecule has 0 atom stereocenters. The lowest BCUT2D eigenvalue weighted by Gasteiger charge is -2.27. The van der Waals surface area contributed by atoms with Crippen molar-refractivity contribution in [2.24, 2.45) is 0 Å². The maximum Gasteiger partial charge on any atom is 0.197 e. The summed E-state index contributed by atoms with van der Waals surface area (Å²) in [4.78, 5) is 30.1. The van der Waals surface area contributed by atoms with Crippen molar-refractivity contribution >= 4 is 88.4 Å². The van der Waals surface area contributed by atoms with Gasteiger partial charge in [0.15, 0.2) is 11.6 Å². The topological polar surface area (TPSA) is 37.4 Å². The maximum atomic E-state index is 13.4. The minimum atomic E-state index is -0.206. The molecule has 1 aliphatic carbocycles. The molecule has 216 valence electrons. The Kier molecular flexibility index (Phi) is 5.99. The molecule has 8 aromatic rings. The van der Waals surface area contributed by atoms with E-state index >= 15 is 0 Å². The first kappa shape index (κ1) is 26.6. The van der Waals surface area contributed by atoms with Gasteiger partial charge in [-0.05, 0) is 86.9 Å². The number of allylic oxidation sites excluding steroid dienone is 1. The van der Waals surface area contributed by atoms with E-state index in [9.17, 15) is 9.59 Å². The van der Waals surface area contributed by atoms with Gasteiger partial charge in [-0.2, -0.15) is 0 Å². The van der Waals surface area contributed by atoms with Crippen LogP contribution >= 0.6 is 11.3 Å². The lowest BCUT2D eigenvalue weighted by Crippen LogP contribution is -2.10. The van der Waals surface area contributed by atoms with E-state index in [1.54, 1.807) is 17.4 Å². The fraction of sp³-hybridized carbons (Fsp3) is 0. The van der Waals surface area contributed by atoms with Crippen LogP contribution in [0, 0.1) is 0 Å². The summed E-state index contributed by atoms with van der Waals surface area (Å²) in [5.74, 6) is -0.412. The molecule has 1 aliphatic rings. The van der Waals surface area contributed by atoms with Gasteiger partial charge in [-0.15, -0.1) is 11.3 Å². The molecule has 9 rings (SSSR count). The number of hydrogen-bond donors (Lipinski definition) is 0. The van der Waals surface area contributed by atoms with Crippen LogP contribution in [0.5, 0.6) is 0 Å². The molecular weight excluding hydrogens is 583 g/mol. The van der Waals surface area contributed by atoms with Crippen LogP contribution in [-0.2, 0) is 0 Å². The third kappa shape index (κ3) is 4.26. The fourth-order valence-corrected chi connectivity index (χ4v) is 7.72. The van der Waals surface area contributed by atoms with Crippen molar-refractivity contribution in [3.63, 3.8) is 0 Å². The molecule has 3 nitrogen and oxygen atoms in total. The predicted molar refractivity (Wildman–Crippen MR) is 192 cm³/mol. The first-order valence-electron chi connectivity index (χ1n) is 15.2. The number of carbonyl (C=O) groups excluding carboxylic acids is 2. The molecule has 0 unspecified atom stereocenters. The third-order valence-corrected chi connectivity index (χ3v) is 9.98. The average Bonchev–Trinajstić information content (AvgIpc) is 3.61. The van der Waals surface area contributed by atoms with Crippen molar-refractivity contribution in [1.82, 2.24) is 0 Å². The summed E-state index contributed by atoms with van der Waals surface area (Å²) in [5.41, 5.74) is 4.40. The Morgan fingerprint density at radius 1 is 0.478 bits per heavy atom. The average molecular weight is 608 g/mol. The highest BCUT2D eigenvalue weighted by atomic mass is 32.1. The Labute approximate surface area is 269 Å². The summed E-state index contributed by atoms with van der Waals surface area (Å²) in [5, 5.41) is 7.70. The van der Waals surface area contributed by atoms with Gasteiger partial charge in [0.1, 0.15) is 0 Å². The standard InChI is InChI=1S/C42H25NO2S/c44-41-36-22-29-11-3-4-12-30(29)23-37(36)42(45)38(41)25-34-21-31-17-19-33(24-40(31)46-34)43(32-18-16-26-8-1-2-10-28(26)20-32)39-15-7-13-27-9-5-6-14-35(27)39/h1-25H. The van der Waals surface area contributed by atoms with Gasteiger partial charge >= 0.3 is 0 Å². The SMILES string of the molecule is O=C1C(=Cc2cc3ccc(N(c4ccc5ccccc5c4)c4cccc5ccccc45)cc3s2)C(=O)c2cc3ccccc3cc21. The summed E-state index contributed by atoms with van der Waals surface area (Å²) in [6.07, 6.45) is 1.77. The molecular formula is C42H25NO2S. The maximum absolute atomic E-state index is 13.4. The number of carbonyl (C=O) groups is 2. The van der Waals surface area contributed by atoms with Crippen molar-refractivity contribution in [3.8, 4) is 0 Å². The fourth-order valence-electron chi connectivity index (χ4n) is 6.68. The van der Waals surface area contributed by atoms with Gasteiger partial charge in [0, 0.05) is 37.5 Å². The number of thiophene rings is 1. The molecule has 0 spiro atoms. The molecule has 7 aromatic carbocycles. The number of rotatable bonds is 4. The van der Waals surface area contributed by atoms with Crippen LogP contribution in [0.4, 0.5) is 17.1 Å². The molecule has 0 saturated heterocycles. The van der Waals surface area contributed by atoms with Crippen LogP contribution in [0.3, 0.4) is 0 Å². The number of Topliss-reactive ketones (excluding diaryl/α,β-unsaturated/α-hetero) is 2.